The number of methoxy groups -OCH3 is 6. The third-order valence-corrected chi connectivity index (χ3v) is 13.7. The lowest BCUT2D eigenvalue weighted by Crippen LogP contribution is -2.79. The number of aliphatic hydroxyl groups excluding tert-OH is 1. The maximum absolute atomic E-state index is 14.1. The molecule has 1 aromatic carbocycles. The Balaban J connectivity index is 1.46. The van der Waals surface area contributed by atoms with E-state index in [0.717, 1.165) is 0 Å². The lowest BCUT2D eigenvalue weighted by atomic mass is 9.42. The van der Waals surface area contributed by atoms with E-state index in [2.05, 4.69) is 11.8 Å². The van der Waals surface area contributed by atoms with Gasteiger partial charge in [-0.2, -0.15) is 0 Å². The second kappa shape index (κ2) is 12.0. The molecule has 1 saturated heterocycles. The Hall–Kier alpha value is -2.52. The van der Waals surface area contributed by atoms with Gasteiger partial charge in [-0.15, -0.1) is 0 Å². The number of benzene rings is 1. The lowest BCUT2D eigenvalue weighted by Gasteiger charge is -2.70. The fraction of sp³-hybridized carbons (Fsp3) is 0.778. The van der Waals surface area contributed by atoms with Crippen LogP contribution < -0.4 is 9.47 Å². The van der Waals surface area contributed by atoms with E-state index >= 15 is 0 Å². The van der Waals surface area contributed by atoms with Crippen LogP contribution >= 0.6 is 0 Å². The SMILES string of the molecule is CCN1C[C@@]2(COC)[C@@H](O)C[C@@H](OC)[C@@]34C1[C@@H]([C@H](OC)[C@@H]23)[C@]1(OC(C)=O)C[C@@H](OC)[C@]2(O)C[C@H]4[C@H]1[C@@H]2OC(=O)c1ccc(OC)c(OC)c1. The number of ether oxygens (including phenoxy) is 8. The van der Waals surface area contributed by atoms with Gasteiger partial charge in [0.1, 0.15) is 17.3 Å². The minimum Gasteiger partial charge on any atom is -0.493 e. The Kier molecular flexibility index (Phi) is 8.57. The van der Waals surface area contributed by atoms with Crippen LogP contribution in [0, 0.1) is 34.5 Å². The fourth-order valence-electron chi connectivity index (χ4n) is 12.6. The molecule has 0 radical (unpaired) electrons. The molecule has 1 aromatic rings. The van der Waals surface area contributed by atoms with Crippen molar-refractivity contribution in [3.8, 4) is 11.5 Å². The van der Waals surface area contributed by atoms with Gasteiger partial charge in [-0.1, -0.05) is 6.92 Å². The third kappa shape index (κ3) is 4.24. The molecule has 6 aliphatic rings. The summed E-state index contributed by atoms with van der Waals surface area (Å²) in [5.41, 5.74) is -4.09. The summed E-state index contributed by atoms with van der Waals surface area (Å²) in [6.45, 7) is 4.99. The van der Waals surface area contributed by atoms with Gasteiger partial charge < -0.3 is 48.1 Å². The molecule has 5 aliphatic carbocycles. The minimum atomic E-state index is -1.62. The molecule has 13 nitrogen and oxygen atoms in total. The van der Waals surface area contributed by atoms with Crippen molar-refractivity contribution < 1.29 is 57.7 Å². The number of rotatable bonds is 11. The van der Waals surface area contributed by atoms with Crippen LogP contribution in [0.1, 0.15) is 43.5 Å². The second-order valence-corrected chi connectivity index (χ2v) is 15.1. The number of carbonyl (C=O) groups excluding carboxylic acids is 2. The topological polar surface area (TPSA) is 152 Å². The average molecular weight is 690 g/mol. The molecule has 7 rings (SSSR count). The van der Waals surface area contributed by atoms with Crippen LogP contribution in [0.15, 0.2) is 18.2 Å². The van der Waals surface area contributed by atoms with E-state index in [1.165, 1.54) is 28.3 Å². The van der Waals surface area contributed by atoms with Crippen molar-refractivity contribution in [2.45, 2.75) is 80.9 Å². The van der Waals surface area contributed by atoms with Crippen LogP contribution in [0.2, 0.25) is 0 Å². The summed E-state index contributed by atoms with van der Waals surface area (Å²) in [5, 5.41) is 24.9. The Morgan fingerprint density at radius 1 is 0.959 bits per heavy atom. The van der Waals surface area contributed by atoms with Gasteiger partial charge >= 0.3 is 11.9 Å². The van der Waals surface area contributed by atoms with Gasteiger partial charge in [0.25, 0.3) is 0 Å². The molecule has 1 unspecified atom stereocenters. The molecule has 1 aliphatic heterocycles. The zero-order valence-electron chi connectivity index (χ0n) is 29.7. The molecule has 6 fully saturated rings. The summed E-state index contributed by atoms with van der Waals surface area (Å²) < 4.78 is 48.9. The van der Waals surface area contributed by atoms with Crippen molar-refractivity contribution in [1.82, 2.24) is 4.90 Å². The van der Waals surface area contributed by atoms with Crippen LogP contribution in [0.3, 0.4) is 0 Å². The monoisotopic (exact) mass is 689 g/mol. The number of carbonyl (C=O) groups is 2. The first-order chi connectivity index (χ1) is 23.4. The molecule has 49 heavy (non-hydrogen) atoms. The van der Waals surface area contributed by atoms with Gasteiger partial charge in [0, 0.05) is 89.4 Å². The number of likely N-dealkylation sites (tertiary alicyclic amines) is 1. The van der Waals surface area contributed by atoms with E-state index in [4.69, 9.17) is 37.9 Å². The van der Waals surface area contributed by atoms with E-state index in [1.807, 2.05) is 0 Å². The first kappa shape index (κ1) is 34.9. The first-order valence-electron chi connectivity index (χ1n) is 17.3. The average Bonchev–Trinajstić information content (AvgIpc) is 3.46. The molecule has 272 valence electrons. The smallest absolute Gasteiger partial charge is 0.338 e. The van der Waals surface area contributed by atoms with Gasteiger partial charge in [-0.25, -0.2) is 4.79 Å². The predicted octanol–water partition coefficient (Wildman–Crippen LogP) is 1.69. The fourth-order valence-corrected chi connectivity index (χ4v) is 12.6. The number of esters is 2. The molecule has 2 N–H and O–H groups in total. The van der Waals surface area contributed by atoms with Crippen molar-refractivity contribution in [2.75, 3.05) is 62.4 Å². The predicted molar refractivity (Wildman–Crippen MR) is 172 cm³/mol. The molecule has 0 aromatic heterocycles. The zero-order chi connectivity index (χ0) is 35.3. The number of nitrogens with zero attached hydrogens (tertiary/aromatic N) is 1. The highest BCUT2D eigenvalue weighted by molar-refractivity contribution is 5.90. The minimum absolute atomic E-state index is 0.185. The van der Waals surface area contributed by atoms with Crippen LogP contribution in [0.25, 0.3) is 0 Å². The molecule has 1 spiro atoms. The molecule has 1 heterocycles. The van der Waals surface area contributed by atoms with E-state index in [-0.39, 0.29) is 42.9 Å². The number of hydrogen-bond acceptors (Lipinski definition) is 13. The summed E-state index contributed by atoms with van der Waals surface area (Å²) in [4.78, 5) is 29.8. The van der Waals surface area contributed by atoms with E-state index in [9.17, 15) is 19.8 Å². The summed E-state index contributed by atoms with van der Waals surface area (Å²) in [6, 6.07) is 4.56. The van der Waals surface area contributed by atoms with Crippen LogP contribution in [-0.2, 0) is 33.2 Å². The van der Waals surface area contributed by atoms with E-state index < -0.39 is 76.3 Å². The largest absolute Gasteiger partial charge is 0.493 e. The maximum atomic E-state index is 14.1. The van der Waals surface area contributed by atoms with Crippen LogP contribution in [-0.4, -0.2) is 137 Å². The summed E-state index contributed by atoms with van der Waals surface area (Å²) in [5.74, 6) is -2.07. The molecular formula is C36H51NO12. The van der Waals surface area contributed by atoms with Gasteiger partial charge in [-0.05, 0) is 37.1 Å². The van der Waals surface area contributed by atoms with Crippen molar-refractivity contribution in [1.29, 1.82) is 0 Å². The van der Waals surface area contributed by atoms with Crippen molar-refractivity contribution >= 4 is 11.9 Å². The van der Waals surface area contributed by atoms with Gasteiger partial charge in [0.2, 0.25) is 0 Å². The summed E-state index contributed by atoms with van der Waals surface area (Å²) in [6.07, 6.45) is -2.89. The summed E-state index contributed by atoms with van der Waals surface area (Å²) in [7, 11) is 9.53. The maximum Gasteiger partial charge on any atom is 0.338 e. The number of fused-ring (bicyclic) bond motifs is 2. The van der Waals surface area contributed by atoms with Crippen LogP contribution in [0.4, 0.5) is 0 Å². The molecule has 0 amide bonds. The lowest BCUT2D eigenvalue weighted by molar-refractivity contribution is -0.300. The van der Waals surface area contributed by atoms with Gasteiger partial charge in [0.05, 0.1) is 50.8 Å². The molecule has 5 saturated carbocycles. The highest BCUT2D eigenvalue weighted by Crippen LogP contribution is 2.80. The Morgan fingerprint density at radius 3 is 2.27 bits per heavy atom. The van der Waals surface area contributed by atoms with E-state index in [1.54, 1.807) is 39.5 Å². The first-order valence-corrected chi connectivity index (χ1v) is 17.3. The normalized spacial score (nSPS) is 45.9. The molecule has 13 heteroatoms. The Labute approximate surface area is 287 Å². The number of piperidine rings is 1. The van der Waals surface area contributed by atoms with Gasteiger partial charge in [0.15, 0.2) is 11.5 Å². The highest BCUT2D eigenvalue weighted by atomic mass is 16.6. The van der Waals surface area contributed by atoms with Crippen molar-refractivity contribution in [3.63, 3.8) is 0 Å². The Morgan fingerprint density at radius 2 is 1.67 bits per heavy atom. The van der Waals surface area contributed by atoms with Crippen molar-refractivity contribution in [2.24, 2.45) is 34.5 Å². The highest BCUT2D eigenvalue weighted by Gasteiger charge is 2.90. The second-order valence-electron chi connectivity index (χ2n) is 15.1. The number of hydrogen-bond donors (Lipinski definition) is 2. The quantitative estimate of drug-likeness (QED) is 0.325. The third-order valence-electron chi connectivity index (χ3n) is 13.7. The standard InChI is InChI=1S/C36H51NO12/c1-9-37-16-33(17-42-3)23(39)13-24(45-6)36-20-14-34(41)25(46-7)15-35(49-18(2)38,27(30(36)37)28(47-8)29(33)36)26(20)31(34)48-32(40)19-10-11-21(43-4)22(12-19)44-5/h10-12,20,23-31,39,41H,9,13-17H2,1-8H3/t20-,23-,24+,25+,26-,27+,28-,29-,30?,31-,33+,34+,35-,36+/m0/s1. The van der Waals surface area contributed by atoms with Crippen molar-refractivity contribution in [3.05, 3.63) is 23.8 Å². The van der Waals surface area contributed by atoms with E-state index in [0.29, 0.717) is 31.0 Å². The molecular weight excluding hydrogens is 638 g/mol. The molecule has 14 atom stereocenters. The van der Waals surface area contributed by atoms with Crippen LogP contribution in [0.5, 0.6) is 11.5 Å². The molecule has 7 bridgehead atoms. The van der Waals surface area contributed by atoms with Gasteiger partial charge in [-0.3, -0.25) is 9.69 Å². The zero-order valence-corrected chi connectivity index (χ0v) is 29.7. The Bertz CT molecular complexity index is 1480. The number of aliphatic hydroxyl groups is 2. The summed E-state index contributed by atoms with van der Waals surface area (Å²) >= 11 is 0.